The fraction of sp³-hybridized carbons (Fsp3) is 0.556. The fourth-order valence-electron chi connectivity index (χ4n) is 2.96. The number of hydrogen-bond donors (Lipinski definition) is 2. The zero-order chi connectivity index (χ0) is 17.5. The van der Waals surface area contributed by atoms with E-state index in [1.807, 2.05) is 24.3 Å². The lowest BCUT2D eigenvalue weighted by Gasteiger charge is -2.30. The molecule has 1 aromatic carbocycles. The highest BCUT2D eigenvalue weighted by Gasteiger charge is 2.22. The molecule has 1 aliphatic heterocycles. The lowest BCUT2D eigenvalue weighted by Crippen LogP contribution is -2.44. The van der Waals surface area contributed by atoms with Gasteiger partial charge in [0.1, 0.15) is 5.75 Å². The van der Waals surface area contributed by atoms with Gasteiger partial charge in [0.2, 0.25) is 11.8 Å². The third kappa shape index (κ3) is 5.53. The first kappa shape index (κ1) is 18.3. The van der Waals surface area contributed by atoms with Gasteiger partial charge in [-0.25, -0.2) is 0 Å². The molecule has 0 radical (unpaired) electrons. The molecule has 6 nitrogen and oxygen atoms in total. The molecule has 2 amide bonds. The van der Waals surface area contributed by atoms with Gasteiger partial charge in [-0.05, 0) is 50.7 Å². The van der Waals surface area contributed by atoms with Crippen LogP contribution in [0.5, 0.6) is 5.75 Å². The van der Waals surface area contributed by atoms with Crippen LogP contribution in [0, 0.1) is 0 Å². The Bertz CT molecular complexity index is 551. The maximum atomic E-state index is 12.4. The van der Waals surface area contributed by atoms with Crippen LogP contribution in [0.3, 0.4) is 0 Å². The summed E-state index contributed by atoms with van der Waals surface area (Å²) in [5.41, 5.74) is 0.893. The number of nitrogens with one attached hydrogen (secondary N) is 2. The second kappa shape index (κ2) is 8.68. The average molecular weight is 333 g/mol. The highest BCUT2D eigenvalue weighted by molar-refractivity contribution is 5.79. The molecular weight excluding hydrogens is 306 g/mol. The van der Waals surface area contributed by atoms with E-state index in [-0.39, 0.29) is 30.3 Å². The van der Waals surface area contributed by atoms with Crippen LogP contribution in [0.1, 0.15) is 37.8 Å². The minimum absolute atomic E-state index is 0.0286. The van der Waals surface area contributed by atoms with E-state index in [9.17, 15) is 9.59 Å². The van der Waals surface area contributed by atoms with Crippen LogP contribution in [0.15, 0.2) is 24.3 Å². The molecule has 1 aliphatic rings. The van der Waals surface area contributed by atoms with Crippen molar-refractivity contribution in [3.8, 4) is 5.75 Å². The number of piperidine rings is 1. The van der Waals surface area contributed by atoms with Gasteiger partial charge in [0, 0.05) is 13.0 Å². The van der Waals surface area contributed by atoms with Gasteiger partial charge < -0.3 is 20.3 Å². The highest BCUT2D eigenvalue weighted by Crippen LogP contribution is 2.21. The zero-order valence-electron chi connectivity index (χ0n) is 14.7. The number of methoxy groups -OCH3 is 1. The minimum Gasteiger partial charge on any atom is -0.497 e. The number of carbonyl (C=O) groups excluding carboxylic acids is 2. The van der Waals surface area contributed by atoms with Crippen molar-refractivity contribution in [2.45, 2.75) is 38.3 Å². The van der Waals surface area contributed by atoms with Gasteiger partial charge in [-0.15, -0.1) is 0 Å². The van der Waals surface area contributed by atoms with E-state index in [2.05, 4.69) is 22.6 Å². The average Bonchev–Trinajstić information content (AvgIpc) is 2.56. The molecule has 6 heteroatoms. The Kier molecular flexibility index (Phi) is 6.61. The Labute approximate surface area is 143 Å². The van der Waals surface area contributed by atoms with Crippen LogP contribution >= 0.6 is 0 Å². The largest absolute Gasteiger partial charge is 0.497 e. The van der Waals surface area contributed by atoms with Crippen LogP contribution < -0.4 is 15.4 Å². The summed E-state index contributed by atoms with van der Waals surface area (Å²) in [7, 11) is 3.70. The molecule has 1 unspecified atom stereocenters. The Hall–Kier alpha value is -2.08. The summed E-state index contributed by atoms with van der Waals surface area (Å²) in [6.07, 6.45) is 2.17. The van der Waals surface area contributed by atoms with Gasteiger partial charge in [0.25, 0.3) is 0 Å². The van der Waals surface area contributed by atoms with Crippen molar-refractivity contribution in [3.05, 3.63) is 29.8 Å². The quantitative estimate of drug-likeness (QED) is 0.827. The number of nitrogens with zero attached hydrogens (tertiary/aromatic N) is 1. The molecule has 1 saturated heterocycles. The lowest BCUT2D eigenvalue weighted by atomic mass is 10.0. The molecule has 2 rings (SSSR count). The second-order valence-electron chi connectivity index (χ2n) is 6.38. The van der Waals surface area contributed by atoms with E-state index in [0.29, 0.717) is 0 Å². The number of benzene rings is 1. The maximum Gasteiger partial charge on any atom is 0.222 e. The van der Waals surface area contributed by atoms with E-state index in [1.54, 1.807) is 7.11 Å². The standard InChI is InChI=1S/C18H27N3O3/c1-13(22)19-17(14-4-6-16(24-3)7-5-14)12-18(23)20-15-8-10-21(2)11-9-15/h4-7,15,17H,8-12H2,1-3H3,(H,19,22)(H,20,23). The van der Waals surface area contributed by atoms with Crippen LogP contribution in [0.25, 0.3) is 0 Å². The molecule has 0 aliphatic carbocycles. The van der Waals surface area contributed by atoms with Gasteiger partial charge in [0.05, 0.1) is 19.6 Å². The molecule has 0 aromatic heterocycles. The Balaban J connectivity index is 1.96. The topological polar surface area (TPSA) is 70.7 Å². The molecule has 0 bridgehead atoms. The first-order chi connectivity index (χ1) is 11.5. The van der Waals surface area contributed by atoms with Crippen molar-refractivity contribution in [2.24, 2.45) is 0 Å². The molecular formula is C18H27N3O3. The maximum absolute atomic E-state index is 12.4. The Morgan fingerprint density at radius 1 is 1.25 bits per heavy atom. The summed E-state index contributed by atoms with van der Waals surface area (Å²) in [5, 5.41) is 5.95. The fourth-order valence-corrected chi connectivity index (χ4v) is 2.96. The molecule has 2 N–H and O–H groups in total. The third-order valence-electron chi connectivity index (χ3n) is 4.37. The molecule has 1 heterocycles. The molecule has 132 valence electrons. The normalized spacial score (nSPS) is 17.1. The second-order valence-corrected chi connectivity index (χ2v) is 6.38. The van der Waals surface area contributed by atoms with E-state index >= 15 is 0 Å². The van der Waals surface area contributed by atoms with Crippen molar-refractivity contribution >= 4 is 11.8 Å². The van der Waals surface area contributed by atoms with Crippen molar-refractivity contribution in [1.82, 2.24) is 15.5 Å². The number of amides is 2. The Morgan fingerprint density at radius 2 is 1.88 bits per heavy atom. The van der Waals surface area contributed by atoms with Gasteiger partial charge in [-0.3, -0.25) is 9.59 Å². The monoisotopic (exact) mass is 333 g/mol. The number of carbonyl (C=O) groups is 2. The van der Waals surface area contributed by atoms with Crippen LogP contribution in [-0.4, -0.2) is 50.0 Å². The molecule has 1 atom stereocenters. The number of rotatable bonds is 6. The molecule has 0 spiro atoms. The van der Waals surface area contributed by atoms with E-state index < -0.39 is 0 Å². The summed E-state index contributed by atoms with van der Waals surface area (Å²) < 4.78 is 5.15. The SMILES string of the molecule is COc1ccc(C(CC(=O)NC2CCN(C)CC2)NC(C)=O)cc1. The van der Waals surface area contributed by atoms with Crippen molar-refractivity contribution in [2.75, 3.05) is 27.2 Å². The lowest BCUT2D eigenvalue weighted by molar-refractivity contribution is -0.123. The molecule has 24 heavy (non-hydrogen) atoms. The van der Waals surface area contributed by atoms with Gasteiger partial charge >= 0.3 is 0 Å². The Morgan fingerprint density at radius 3 is 2.42 bits per heavy atom. The van der Waals surface area contributed by atoms with E-state index in [1.165, 1.54) is 6.92 Å². The van der Waals surface area contributed by atoms with Gasteiger partial charge in [0.15, 0.2) is 0 Å². The summed E-state index contributed by atoms with van der Waals surface area (Å²) >= 11 is 0. The van der Waals surface area contributed by atoms with Crippen LogP contribution in [0.2, 0.25) is 0 Å². The minimum atomic E-state index is -0.334. The first-order valence-electron chi connectivity index (χ1n) is 8.37. The first-order valence-corrected chi connectivity index (χ1v) is 8.37. The summed E-state index contributed by atoms with van der Waals surface area (Å²) in [5.74, 6) is 0.568. The van der Waals surface area contributed by atoms with Crippen LogP contribution in [-0.2, 0) is 9.59 Å². The smallest absolute Gasteiger partial charge is 0.222 e. The predicted octanol–water partition coefficient (Wildman–Crippen LogP) is 1.47. The van der Waals surface area contributed by atoms with Crippen molar-refractivity contribution < 1.29 is 14.3 Å². The third-order valence-corrected chi connectivity index (χ3v) is 4.37. The number of likely N-dealkylation sites (tertiary alicyclic amines) is 1. The zero-order valence-corrected chi connectivity index (χ0v) is 14.7. The summed E-state index contributed by atoms with van der Waals surface area (Å²) in [6, 6.07) is 7.31. The predicted molar refractivity (Wildman–Crippen MR) is 92.8 cm³/mol. The van der Waals surface area contributed by atoms with E-state index in [4.69, 9.17) is 4.74 Å². The van der Waals surface area contributed by atoms with Gasteiger partial charge in [-0.2, -0.15) is 0 Å². The number of ether oxygens (including phenoxy) is 1. The van der Waals surface area contributed by atoms with Crippen LogP contribution in [0.4, 0.5) is 0 Å². The highest BCUT2D eigenvalue weighted by atomic mass is 16.5. The van der Waals surface area contributed by atoms with Crippen molar-refractivity contribution in [3.63, 3.8) is 0 Å². The molecule has 1 fully saturated rings. The van der Waals surface area contributed by atoms with E-state index in [0.717, 1.165) is 37.2 Å². The van der Waals surface area contributed by atoms with Gasteiger partial charge in [-0.1, -0.05) is 12.1 Å². The molecule has 1 aromatic rings. The molecule has 0 saturated carbocycles. The number of hydrogen-bond acceptors (Lipinski definition) is 4. The summed E-state index contributed by atoms with van der Waals surface area (Å²) in [6.45, 7) is 3.46. The van der Waals surface area contributed by atoms with Crippen molar-refractivity contribution in [1.29, 1.82) is 0 Å². The summed E-state index contributed by atoms with van der Waals surface area (Å²) in [4.78, 5) is 26.1.